The van der Waals surface area contributed by atoms with Gasteiger partial charge in [0.2, 0.25) is 5.91 Å². The van der Waals surface area contributed by atoms with Crippen LogP contribution in [0.4, 0.5) is 0 Å². The summed E-state index contributed by atoms with van der Waals surface area (Å²) in [4.78, 5) is 16.9. The molecule has 1 rings (SSSR count). The van der Waals surface area contributed by atoms with Crippen molar-refractivity contribution in [1.82, 2.24) is 15.1 Å². The minimum atomic E-state index is -0.0200. The monoisotopic (exact) mass is 285 g/mol. The van der Waals surface area contributed by atoms with Gasteiger partial charge >= 0.3 is 0 Å². The summed E-state index contributed by atoms with van der Waals surface area (Å²) in [5.41, 5.74) is 0. The van der Waals surface area contributed by atoms with E-state index in [4.69, 9.17) is 4.74 Å². The highest BCUT2D eigenvalue weighted by Gasteiger charge is 2.35. The molecule has 20 heavy (non-hydrogen) atoms. The first kappa shape index (κ1) is 17.4. The molecule has 0 aromatic carbocycles. The fraction of sp³-hybridized carbons (Fsp3) is 0.933. The molecular weight excluding hydrogens is 254 g/mol. The molecule has 1 amide bonds. The maximum Gasteiger partial charge on any atom is 0.229 e. The van der Waals surface area contributed by atoms with Crippen LogP contribution in [-0.2, 0) is 9.53 Å². The maximum atomic E-state index is 12.6. The Balaban J connectivity index is 2.42. The Morgan fingerprint density at radius 1 is 1.15 bits per heavy atom. The second kappa shape index (κ2) is 9.32. The van der Waals surface area contributed by atoms with Gasteiger partial charge in [-0.1, -0.05) is 13.8 Å². The van der Waals surface area contributed by atoms with Gasteiger partial charge in [0.1, 0.15) is 0 Å². The van der Waals surface area contributed by atoms with E-state index in [1.807, 2.05) is 11.9 Å². The summed E-state index contributed by atoms with van der Waals surface area (Å²) in [6, 6.07) is 0.166. The van der Waals surface area contributed by atoms with Gasteiger partial charge < -0.3 is 19.9 Å². The van der Waals surface area contributed by atoms with E-state index >= 15 is 0 Å². The molecule has 1 heterocycles. The summed E-state index contributed by atoms with van der Waals surface area (Å²) >= 11 is 0. The Bertz CT molecular complexity index is 282. The molecule has 0 radical (unpaired) electrons. The van der Waals surface area contributed by atoms with Crippen LogP contribution in [0, 0.1) is 5.92 Å². The number of carbonyl (C=O) groups excluding carboxylic acids is 1. The highest BCUT2D eigenvalue weighted by molar-refractivity contribution is 5.80. The molecule has 0 aromatic rings. The van der Waals surface area contributed by atoms with E-state index in [1.54, 1.807) is 0 Å². The molecule has 118 valence electrons. The zero-order valence-corrected chi connectivity index (χ0v) is 13.5. The van der Waals surface area contributed by atoms with Gasteiger partial charge in [-0.25, -0.2) is 0 Å². The second-order valence-electron chi connectivity index (χ2n) is 5.34. The van der Waals surface area contributed by atoms with E-state index in [0.717, 1.165) is 39.1 Å². The summed E-state index contributed by atoms with van der Waals surface area (Å²) in [6.45, 7) is 12.5. The van der Waals surface area contributed by atoms with E-state index in [0.29, 0.717) is 13.2 Å². The Labute approximate surface area is 123 Å². The van der Waals surface area contributed by atoms with Gasteiger partial charge in [0, 0.05) is 19.1 Å². The normalized spacial score (nSPS) is 22.4. The molecule has 0 spiro atoms. The third-order valence-corrected chi connectivity index (χ3v) is 4.26. The summed E-state index contributed by atoms with van der Waals surface area (Å²) in [5, 5.41) is 3.19. The zero-order chi connectivity index (χ0) is 15.0. The predicted octanol–water partition coefficient (Wildman–Crippen LogP) is 0.801. The van der Waals surface area contributed by atoms with Gasteiger partial charge in [0.05, 0.1) is 19.1 Å². The number of nitrogens with one attached hydrogen (secondary N) is 1. The summed E-state index contributed by atoms with van der Waals surface area (Å²) in [6.07, 6.45) is 1.04. The molecule has 1 N–H and O–H groups in total. The van der Waals surface area contributed by atoms with Crippen LogP contribution in [0.25, 0.3) is 0 Å². The molecule has 2 atom stereocenters. The Hall–Kier alpha value is -0.650. The van der Waals surface area contributed by atoms with E-state index in [-0.39, 0.29) is 17.9 Å². The number of ether oxygens (including phenoxy) is 1. The Morgan fingerprint density at radius 3 is 2.40 bits per heavy atom. The average Bonchev–Trinajstić information content (AvgIpc) is 2.95. The summed E-state index contributed by atoms with van der Waals surface area (Å²) in [5.74, 6) is 0.220. The smallest absolute Gasteiger partial charge is 0.229 e. The lowest BCUT2D eigenvalue weighted by atomic mass is 10.0. The molecule has 5 heteroatoms. The van der Waals surface area contributed by atoms with Crippen molar-refractivity contribution in [3.8, 4) is 0 Å². The quantitative estimate of drug-likeness (QED) is 0.681. The molecule has 0 aliphatic carbocycles. The van der Waals surface area contributed by atoms with E-state index < -0.39 is 0 Å². The highest BCUT2D eigenvalue weighted by atomic mass is 16.5. The fourth-order valence-electron chi connectivity index (χ4n) is 2.77. The van der Waals surface area contributed by atoms with E-state index in [2.05, 4.69) is 31.0 Å². The summed E-state index contributed by atoms with van der Waals surface area (Å²) < 4.78 is 5.44. The minimum absolute atomic E-state index is 0.0200. The number of rotatable bonds is 9. The molecule has 1 fully saturated rings. The SMILES string of the molecule is CCN(CC)CCCN(CC)C(=O)C1COCC1NC. The Morgan fingerprint density at radius 2 is 1.85 bits per heavy atom. The number of amides is 1. The first-order valence-electron chi connectivity index (χ1n) is 7.93. The van der Waals surface area contributed by atoms with Crippen molar-refractivity contribution in [1.29, 1.82) is 0 Å². The Kier molecular flexibility index (Phi) is 8.11. The van der Waals surface area contributed by atoms with Crippen molar-refractivity contribution in [2.45, 2.75) is 33.2 Å². The summed E-state index contributed by atoms with van der Waals surface area (Å²) in [7, 11) is 1.90. The van der Waals surface area contributed by atoms with Crippen molar-refractivity contribution < 1.29 is 9.53 Å². The van der Waals surface area contributed by atoms with Crippen molar-refractivity contribution in [3.63, 3.8) is 0 Å². The lowest BCUT2D eigenvalue weighted by molar-refractivity contribution is -0.135. The van der Waals surface area contributed by atoms with Crippen LogP contribution in [0.2, 0.25) is 0 Å². The molecule has 5 nitrogen and oxygen atoms in total. The first-order valence-corrected chi connectivity index (χ1v) is 7.93. The number of hydrogen-bond acceptors (Lipinski definition) is 4. The van der Waals surface area contributed by atoms with Crippen molar-refractivity contribution in [3.05, 3.63) is 0 Å². The molecule has 0 saturated carbocycles. The molecule has 0 bridgehead atoms. The molecule has 0 aromatic heterocycles. The van der Waals surface area contributed by atoms with Crippen LogP contribution in [-0.4, -0.2) is 74.7 Å². The molecular formula is C15H31N3O2. The molecule has 1 saturated heterocycles. The number of likely N-dealkylation sites (N-methyl/N-ethyl adjacent to an activating group) is 1. The molecule has 1 aliphatic heterocycles. The second-order valence-corrected chi connectivity index (χ2v) is 5.34. The van der Waals surface area contributed by atoms with Gasteiger partial charge in [-0.05, 0) is 40.0 Å². The van der Waals surface area contributed by atoms with E-state index in [9.17, 15) is 4.79 Å². The lowest BCUT2D eigenvalue weighted by Crippen LogP contribution is -2.45. The standard InChI is InChI=1S/C15H31N3O2/c1-5-17(6-2)9-8-10-18(7-3)15(19)13-11-20-12-14(13)16-4/h13-14,16H,5-12H2,1-4H3. The van der Waals surface area contributed by atoms with Crippen LogP contribution >= 0.6 is 0 Å². The number of nitrogens with zero attached hydrogens (tertiary/aromatic N) is 2. The number of hydrogen-bond donors (Lipinski definition) is 1. The van der Waals surface area contributed by atoms with Crippen LogP contribution in [0.5, 0.6) is 0 Å². The van der Waals surface area contributed by atoms with Gasteiger partial charge in [-0.2, -0.15) is 0 Å². The largest absolute Gasteiger partial charge is 0.379 e. The first-order chi connectivity index (χ1) is 9.67. The third kappa shape index (κ3) is 4.72. The van der Waals surface area contributed by atoms with Gasteiger partial charge in [-0.15, -0.1) is 0 Å². The highest BCUT2D eigenvalue weighted by Crippen LogP contribution is 2.16. The lowest BCUT2D eigenvalue weighted by Gasteiger charge is -2.27. The van der Waals surface area contributed by atoms with Crippen LogP contribution in [0.15, 0.2) is 0 Å². The van der Waals surface area contributed by atoms with Crippen LogP contribution in [0.1, 0.15) is 27.2 Å². The molecule has 2 unspecified atom stereocenters. The van der Waals surface area contributed by atoms with Crippen molar-refractivity contribution in [2.75, 3.05) is 53.0 Å². The van der Waals surface area contributed by atoms with E-state index in [1.165, 1.54) is 0 Å². The van der Waals surface area contributed by atoms with Gasteiger partial charge in [0.15, 0.2) is 0 Å². The minimum Gasteiger partial charge on any atom is -0.379 e. The maximum absolute atomic E-state index is 12.6. The fourth-order valence-corrected chi connectivity index (χ4v) is 2.77. The van der Waals surface area contributed by atoms with Crippen molar-refractivity contribution >= 4 is 5.91 Å². The predicted molar refractivity (Wildman–Crippen MR) is 81.8 cm³/mol. The van der Waals surface area contributed by atoms with Gasteiger partial charge in [-0.3, -0.25) is 4.79 Å². The molecule has 1 aliphatic rings. The zero-order valence-electron chi connectivity index (χ0n) is 13.5. The number of carbonyl (C=O) groups is 1. The third-order valence-electron chi connectivity index (χ3n) is 4.26. The van der Waals surface area contributed by atoms with Gasteiger partial charge in [0.25, 0.3) is 0 Å². The average molecular weight is 285 g/mol. The van der Waals surface area contributed by atoms with Crippen molar-refractivity contribution in [2.24, 2.45) is 5.92 Å². The van der Waals surface area contributed by atoms with Crippen LogP contribution < -0.4 is 5.32 Å². The topological polar surface area (TPSA) is 44.8 Å². The van der Waals surface area contributed by atoms with Crippen LogP contribution in [0.3, 0.4) is 0 Å².